The third-order valence-electron chi connectivity index (χ3n) is 5.87. The minimum atomic E-state index is 0.0365. The molecule has 2 heterocycles. The van der Waals surface area contributed by atoms with E-state index in [0.717, 1.165) is 41.0 Å². The van der Waals surface area contributed by atoms with Crippen molar-refractivity contribution in [2.24, 2.45) is 5.92 Å². The van der Waals surface area contributed by atoms with Gasteiger partial charge >= 0.3 is 0 Å². The number of aromatic nitrogens is 1. The Labute approximate surface area is 164 Å². The van der Waals surface area contributed by atoms with Gasteiger partial charge in [-0.05, 0) is 62.4 Å². The fourth-order valence-corrected chi connectivity index (χ4v) is 3.95. The standard InChI is InChI=1S/C23H26N2O3/c1-3-27-17-7-4-15-11-21(24-20(15)12-17)23(26)25(16-5-6-16)13-18-8-9-22(28-18)19-10-14(19)2/h4,7-9,11-12,14,16,19,24H,3,5-6,10,13H2,1-2H3/t14-,19+/m0/s1. The molecule has 5 nitrogen and oxygen atoms in total. The number of ether oxygens (including phenoxy) is 1. The first-order valence-corrected chi connectivity index (χ1v) is 10.3. The minimum absolute atomic E-state index is 0.0365. The number of carbonyl (C=O) groups is 1. The summed E-state index contributed by atoms with van der Waals surface area (Å²) in [5.74, 6) is 4.07. The molecule has 1 amide bonds. The van der Waals surface area contributed by atoms with Crippen LogP contribution in [0.4, 0.5) is 0 Å². The van der Waals surface area contributed by atoms with E-state index in [9.17, 15) is 4.79 Å². The first-order chi connectivity index (χ1) is 13.6. The molecule has 2 fully saturated rings. The molecule has 1 N–H and O–H groups in total. The van der Waals surface area contributed by atoms with Crippen LogP contribution < -0.4 is 4.74 Å². The van der Waals surface area contributed by atoms with Crippen LogP contribution in [0, 0.1) is 5.92 Å². The summed E-state index contributed by atoms with van der Waals surface area (Å²) in [7, 11) is 0. The first-order valence-electron chi connectivity index (χ1n) is 10.3. The SMILES string of the molecule is CCOc1ccc2cc(C(=O)N(Cc3ccc([C@@H]4C[C@@H]4C)o3)C3CC3)[nH]c2c1. The lowest BCUT2D eigenvalue weighted by molar-refractivity contribution is 0.0711. The van der Waals surface area contributed by atoms with Crippen LogP contribution in [-0.2, 0) is 6.54 Å². The number of aromatic amines is 1. The Hall–Kier alpha value is -2.69. The van der Waals surface area contributed by atoms with Gasteiger partial charge in [0.1, 0.15) is 23.0 Å². The molecule has 0 radical (unpaired) electrons. The Kier molecular flexibility index (Phi) is 4.18. The van der Waals surface area contributed by atoms with Crippen molar-refractivity contribution in [1.29, 1.82) is 0 Å². The van der Waals surface area contributed by atoms with Crippen molar-refractivity contribution in [1.82, 2.24) is 9.88 Å². The van der Waals surface area contributed by atoms with Crippen LogP contribution in [0.2, 0.25) is 0 Å². The molecule has 0 spiro atoms. The summed E-state index contributed by atoms with van der Waals surface area (Å²) in [6.45, 7) is 5.37. The van der Waals surface area contributed by atoms with Crippen molar-refractivity contribution in [3.05, 3.63) is 53.6 Å². The minimum Gasteiger partial charge on any atom is -0.494 e. The molecule has 2 aromatic heterocycles. The number of nitrogens with one attached hydrogen (secondary N) is 1. The summed E-state index contributed by atoms with van der Waals surface area (Å²) >= 11 is 0. The number of H-pyrrole nitrogens is 1. The second-order valence-corrected chi connectivity index (χ2v) is 8.15. The molecule has 2 aliphatic carbocycles. The lowest BCUT2D eigenvalue weighted by atomic mass is 10.2. The summed E-state index contributed by atoms with van der Waals surface area (Å²) in [5, 5.41) is 1.02. The number of amides is 1. The number of furan rings is 1. The Bertz CT molecular complexity index is 1010. The number of rotatable bonds is 7. The van der Waals surface area contributed by atoms with Gasteiger partial charge in [0.15, 0.2) is 0 Å². The molecule has 28 heavy (non-hydrogen) atoms. The zero-order valence-corrected chi connectivity index (χ0v) is 16.4. The third-order valence-corrected chi connectivity index (χ3v) is 5.87. The monoisotopic (exact) mass is 378 g/mol. The summed E-state index contributed by atoms with van der Waals surface area (Å²) < 4.78 is 11.6. The van der Waals surface area contributed by atoms with E-state index >= 15 is 0 Å². The highest BCUT2D eigenvalue weighted by atomic mass is 16.5. The van der Waals surface area contributed by atoms with Crippen LogP contribution in [0.25, 0.3) is 10.9 Å². The topological polar surface area (TPSA) is 58.5 Å². The highest BCUT2D eigenvalue weighted by Crippen LogP contribution is 2.47. The van der Waals surface area contributed by atoms with E-state index in [1.807, 2.05) is 42.2 Å². The van der Waals surface area contributed by atoms with Crippen molar-refractivity contribution in [2.45, 2.75) is 51.6 Å². The van der Waals surface area contributed by atoms with Gasteiger partial charge in [0.2, 0.25) is 0 Å². The molecule has 3 aromatic rings. The molecule has 146 valence electrons. The zero-order valence-electron chi connectivity index (χ0n) is 16.4. The van der Waals surface area contributed by atoms with Gasteiger partial charge in [0.05, 0.1) is 13.2 Å². The van der Waals surface area contributed by atoms with Gasteiger partial charge < -0.3 is 19.0 Å². The van der Waals surface area contributed by atoms with Gasteiger partial charge in [0.25, 0.3) is 5.91 Å². The van der Waals surface area contributed by atoms with Gasteiger partial charge in [-0.25, -0.2) is 0 Å². The normalized spacial score (nSPS) is 21.1. The predicted molar refractivity (Wildman–Crippen MR) is 108 cm³/mol. The van der Waals surface area contributed by atoms with E-state index in [0.29, 0.717) is 36.7 Å². The lowest BCUT2D eigenvalue weighted by Crippen LogP contribution is -2.32. The molecular formula is C23H26N2O3. The van der Waals surface area contributed by atoms with E-state index in [4.69, 9.17) is 9.15 Å². The maximum Gasteiger partial charge on any atom is 0.270 e. The maximum atomic E-state index is 13.2. The van der Waals surface area contributed by atoms with Crippen LogP contribution in [0.5, 0.6) is 5.75 Å². The molecule has 0 aliphatic heterocycles. The molecule has 2 aliphatic rings. The van der Waals surface area contributed by atoms with Gasteiger partial charge in [-0.3, -0.25) is 4.79 Å². The van der Waals surface area contributed by atoms with Crippen LogP contribution in [0.3, 0.4) is 0 Å². The molecule has 2 atom stereocenters. The third kappa shape index (κ3) is 3.30. The van der Waals surface area contributed by atoms with Crippen molar-refractivity contribution in [2.75, 3.05) is 6.61 Å². The van der Waals surface area contributed by atoms with E-state index in [1.165, 1.54) is 6.42 Å². The summed E-state index contributed by atoms with van der Waals surface area (Å²) in [6.07, 6.45) is 3.33. The van der Waals surface area contributed by atoms with Gasteiger partial charge in [-0.2, -0.15) is 0 Å². The van der Waals surface area contributed by atoms with Crippen molar-refractivity contribution < 1.29 is 13.9 Å². The quantitative estimate of drug-likeness (QED) is 0.623. The Balaban J connectivity index is 1.37. The number of nitrogens with zero attached hydrogens (tertiary/aromatic N) is 1. The number of hydrogen-bond donors (Lipinski definition) is 1. The second kappa shape index (κ2) is 6.73. The molecule has 0 unspecified atom stereocenters. The fraction of sp³-hybridized carbons (Fsp3) is 0.435. The van der Waals surface area contributed by atoms with E-state index in [2.05, 4.69) is 18.0 Å². The maximum absolute atomic E-state index is 13.2. The van der Waals surface area contributed by atoms with Gasteiger partial charge in [0, 0.05) is 28.9 Å². The van der Waals surface area contributed by atoms with E-state index < -0.39 is 0 Å². The first kappa shape index (κ1) is 17.4. The summed E-state index contributed by atoms with van der Waals surface area (Å²) in [6, 6.07) is 12.2. The van der Waals surface area contributed by atoms with E-state index in [-0.39, 0.29) is 5.91 Å². The van der Waals surface area contributed by atoms with E-state index in [1.54, 1.807) is 0 Å². The molecule has 2 saturated carbocycles. The van der Waals surface area contributed by atoms with Crippen LogP contribution in [0.1, 0.15) is 61.0 Å². The molecule has 0 bridgehead atoms. The Morgan fingerprint density at radius 2 is 2.07 bits per heavy atom. The number of benzene rings is 1. The second-order valence-electron chi connectivity index (χ2n) is 8.15. The molecule has 5 heteroatoms. The van der Waals surface area contributed by atoms with Gasteiger partial charge in [-0.1, -0.05) is 6.92 Å². The number of fused-ring (bicyclic) bond motifs is 1. The fourth-order valence-electron chi connectivity index (χ4n) is 3.95. The average molecular weight is 378 g/mol. The Morgan fingerprint density at radius 1 is 1.25 bits per heavy atom. The Morgan fingerprint density at radius 3 is 2.79 bits per heavy atom. The lowest BCUT2D eigenvalue weighted by Gasteiger charge is -2.20. The molecule has 1 aromatic carbocycles. The van der Waals surface area contributed by atoms with Crippen LogP contribution in [-0.4, -0.2) is 28.4 Å². The summed E-state index contributed by atoms with van der Waals surface area (Å²) in [4.78, 5) is 18.5. The largest absolute Gasteiger partial charge is 0.494 e. The number of carbonyl (C=O) groups excluding carboxylic acids is 1. The smallest absolute Gasteiger partial charge is 0.270 e. The van der Waals surface area contributed by atoms with Crippen LogP contribution in [0.15, 0.2) is 40.8 Å². The van der Waals surface area contributed by atoms with Crippen molar-refractivity contribution >= 4 is 16.8 Å². The average Bonchev–Trinajstić information content (AvgIpc) is 3.56. The summed E-state index contributed by atoms with van der Waals surface area (Å²) in [5.41, 5.74) is 1.55. The van der Waals surface area contributed by atoms with Crippen molar-refractivity contribution in [3.63, 3.8) is 0 Å². The molecule has 5 rings (SSSR count). The molecular weight excluding hydrogens is 352 g/mol. The zero-order chi connectivity index (χ0) is 19.3. The highest BCUT2D eigenvalue weighted by molar-refractivity contribution is 5.98. The predicted octanol–water partition coefficient (Wildman–Crippen LogP) is 5.09. The highest BCUT2D eigenvalue weighted by Gasteiger charge is 2.38. The van der Waals surface area contributed by atoms with Crippen LogP contribution >= 0.6 is 0 Å². The number of hydrogen-bond acceptors (Lipinski definition) is 3. The van der Waals surface area contributed by atoms with Gasteiger partial charge in [-0.15, -0.1) is 0 Å². The van der Waals surface area contributed by atoms with Crippen molar-refractivity contribution in [3.8, 4) is 5.75 Å². The molecule has 0 saturated heterocycles.